The molecule has 3 heterocycles. The highest BCUT2D eigenvalue weighted by Crippen LogP contribution is 2.20. The van der Waals surface area contributed by atoms with Gasteiger partial charge in [0.05, 0.1) is 18.3 Å². The Labute approximate surface area is 145 Å². The van der Waals surface area contributed by atoms with Crippen molar-refractivity contribution < 1.29 is 4.79 Å². The molecule has 120 valence electrons. The molecule has 1 N–H and O–H groups in total. The van der Waals surface area contributed by atoms with Crippen molar-refractivity contribution in [3.8, 4) is 0 Å². The minimum atomic E-state index is -0.0263. The Bertz CT molecular complexity index is 738. The van der Waals surface area contributed by atoms with Gasteiger partial charge in [0.1, 0.15) is 0 Å². The van der Waals surface area contributed by atoms with E-state index in [0.29, 0.717) is 17.5 Å². The Morgan fingerprint density at radius 1 is 1.35 bits per heavy atom. The third-order valence-corrected chi connectivity index (χ3v) is 5.94. The molecule has 0 aliphatic heterocycles. The molecule has 1 amide bonds. The number of hydrogen-bond donors (Lipinski definition) is 1. The first-order chi connectivity index (χ1) is 11.2. The second-order valence-electron chi connectivity index (χ2n) is 4.79. The maximum absolute atomic E-state index is 12.1. The number of thioether (sulfide) groups is 1. The van der Waals surface area contributed by atoms with E-state index in [1.165, 1.54) is 16.6 Å². The Hall–Kier alpha value is -1.71. The number of carbonyl (C=O) groups excluding carboxylic acids is 1. The van der Waals surface area contributed by atoms with Gasteiger partial charge in [-0.3, -0.25) is 4.79 Å². The molecule has 3 rings (SSSR count). The minimum absolute atomic E-state index is 0.0187. The van der Waals surface area contributed by atoms with E-state index in [2.05, 4.69) is 20.8 Å². The molecule has 3 aromatic heterocycles. The molecule has 0 spiro atoms. The molecule has 0 aromatic carbocycles. The average Bonchev–Trinajstić information content (AvgIpc) is 3.29. The van der Waals surface area contributed by atoms with Crippen molar-refractivity contribution >= 4 is 40.3 Å². The smallest absolute Gasteiger partial charge is 0.230 e. The van der Waals surface area contributed by atoms with E-state index in [4.69, 9.17) is 0 Å². The number of carbonyl (C=O) groups is 1. The molecule has 3 aromatic rings. The highest BCUT2D eigenvalue weighted by atomic mass is 32.2. The van der Waals surface area contributed by atoms with Gasteiger partial charge in [0.2, 0.25) is 11.1 Å². The number of nitrogens with one attached hydrogen (secondary N) is 1. The average molecular weight is 366 g/mol. The molecule has 1 atom stereocenters. The summed E-state index contributed by atoms with van der Waals surface area (Å²) in [6.45, 7) is 2.61. The molecule has 0 bridgehead atoms. The van der Waals surface area contributed by atoms with Crippen molar-refractivity contribution in [2.45, 2.75) is 24.7 Å². The number of rotatable bonds is 7. The first-order valence-electron chi connectivity index (χ1n) is 6.96. The van der Waals surface area contributed by atoms with Crippen molar-refractivity contribution in [1.29, 1.82) is 0 Å². The Morgan fingerprint density at radius 3 is 2.91 bits per heavy atom. The predicted molar refractivity (Wildman–Crippen MR) is 92.8 cm³/mol. The maximum atomic E-state index is 12.1. The first-order valence-corrected chi connectivity index (χ1v) is 9.71. The summed E-state index contributed by atoms with van der Waals surface area (Å²) < 4.78 is 1.71. The highest BCUT2D eigenvalue weighted by molar-refractivity contribution is 7.99. The monoisotopic (exact) mass is 365 g/mol. The Balaban J connectivity index is 1.52. The Morgan fingerprint density at radius 2 is 2.17 bits per heavy atom. The molecule has 0 aliphatic rings. The summed E-state index contributed by atoms with van der Waals surface area (Å²) in [5, 5.41) is 19.3. The summed E-state index contributed by atoms with van der Waals surface area (Å²) >= 11 is 4.64. The second kappa shape index (κ2) is 7.71. The van der Waals surface area contributed by atoms with Crippen LogP contribution >= 0.6 is 34.4 Å². The van der Waals surface area contributed by atoms with Gasteiger partial charge >= 0.3 is 0 Å². The standard InChI is InChI=1S/C14H15N5OS3/c1-10(12-5-3-7-22-12)15-13(20)9-23-14-16-17-18-19(14)8-11-4-2-6-21-11/h2-7,10H,8-9H2,1H3,(H,15,20). The fraction of sp³-hybridized carbons (Fsp3) is 0.286. The van der Waals surface area contributed by atoms with Gasteiger partial charge in [-0.15, -0.1) is 27.8 Å². The van der Waals surface area contributed by atoms with E-state index in [9.17, 15) is 4.79 Å². The minimum Gasteiger partial charge on any atom is -0.348 e. The van der Waals surface area contributed by atoms with E-state index in [-0.39, 0.29) is 11.9 Å². The molecular weight excluding hydrogens is 350 g/mol. The largest absolute Gasteiger partial charge is 0.348 e. The SMILES string of the molecule is CC(NC(=O)CSc1nnnn1Cc1cccs1)c1cccs1. The van der Waals surface area contributed by atoms with Crippen LogP contribution in [-0.4, -0.2) is 31.9 Å². The third kappa shape index (κ3) is 4.40. The zero-order chi connectivity index (χ0) is 16.1. The molecular formula is C14H15N5OS3. The number of aromatic nitrogens is 4. The topological polar surface area (TPSA) is 72.7 Å². The first kappa shape index (κ1) is 16.2. The predicted octanol–water partition coefficient (Wildman–Crippen LogP) is 2.81. The molecule has 9 heteroatoms. The molecule has 0 fully saturated rings. The number of amides is 1. The number of thiophene rings is 2. The summed E-state index contributed by atoms with van der Waals surface area (Å²) in [7, 11) is 0. The zero-order valence-corrected chi connectivity index (χ0v) is 14.8. The van der Waals surface area contributed by atoms with Crippen molar-refractivity contribution in [2.24, 2.45) is 0 Å². The molecule has 0 radical (unpaired) electrons. The van der Waals surface area contributed by atoms with Gasteiger partial charge in [0.25, 0.3) is 0 Å². The van der Waals surface area contributed by atoms with E-state index >= 15 is 0 Å². The lowest BCUT2D eigenvalue weighted by atomic mass is 10.3. The third-order valence-electron chi connectivity index (χ3n) is 3.06. The van der Waals surface area contributed by atoms with Crippen LogP contribution in [0.4, 0.5) is 0 Å². The summed E-state index contributed by atoms with van der Waals surface area (Å²) in [5.41, 5.74) is 0. The van der Waals surface area contributed by atoms with Crippen LogP contribution in [-0.2, 0) is 11.3 Å². The number of tetrazole rings is 1. The second-order valence-corrected chi connectivity index (χ2v) is 7.75. The lowest BCUT2D eigenvalue weighted by Crippen LogP contribution is -2.27. The summed E-state index contributed by atoms with van der Waals surface area (Å²) in [6.07, 6.45) is 0. The van der Waals surface area contributed by atoms with Gasteiger partial charge in [0, 0.05) is 9.75 Å². The van der Waals surface area contributed by atoms with Gasteiger partial charge in [-0.05, 0) is 40.2 Å². The lowest BCUT2D eigenvalue weighted by Gasteiger charge is -2.11. The van der Waals surface area contributed by atoms with E-state index in [1.807, 2.05) is 41.9 Å². The van der Waals surface area contributed by atoms with Crippen LogP contribution in [0.3, 0.4) is 0 Å². The summed E-state index contributed by atoms with van der Waals surface area (Å²) in [6, 6.07) is 8.05. The zero-order valence-electron chi connectivity index (χ0n) is 12.4. The van der Waals surface area contributed by atoms with E-state index in [0.717, 1.165) is 4.88 Å². The van der Waals surface area contributed by atoms with Gasteiger partial charge in [-0.25, -0.2) is 4.68 Å². The van der Waals surface area contributed by atoms with Crippen LogP contribution in [0.1, 0.15) is 22.7 Å². The maximum Gasteiger partial charge on any atom is 0.230 e. The summed E-state index contributed by atoms with van der Waals surface area (Å²) in [5.74, 6) is 0.266. The van der Waals surface area contributed by atoms with Crippen molar-refractivity contribution in [2.75, 3.05) is 5.75 Å². The number of nitrogens with zero attached hydrogens (tertiary/aromatic N) is 4. The Kier molecular flexibility index (Phi) is 5.42. The fourth-order valence-corrected chi connectivity index (χ4v) is 4.08. The fourth-order valence-electron chi connectivity index (χ4n) is 1.97. The normalized spacial score (nSPS) is 12.2. The van der Waals surface area contributed by atoms with Crippen LogP contribution in [0.15, 0.2) is 40.2 Å². The van der Waals surface area contributed by atoms with Crippen LogP contribution in [0.25, 0.3) is 0 Å². The van der Waals surface area contributed by atoms with Crippen molar-refractivity contribution in [1.82, 2.24) is 25.5 Å². The molecule has 0 saturated carbocycles. The van der Waals surface area contributed by atoms with Crippen LogP contribution in [0.2, 0.25) is 0 Å². The molecule has 0 saturated heterocycles. The van der Waals surface area contributed by atoms with E-state index < -0.39 is 0 Å². The van der Waals surface area contributed by atoms with Gasteiger partial charge in [0.15, 0.2) is 0 Å². The molecule has 0 aliphatic carbocycles. The quantitative estimate of drug-likeness (QED) is 0.652. The molecule has 23 heavy (non-hydrogen) atoms. The van der Waals surface area contributed by atoms with Crippen LogP contribution in [0.5, 0.6) is 0 Å². The number of hydrogen-bond acceptors (Lipinski definition) is 7. The van der Waals surface area contributed by atoms with Crippen molar-refractivity contribution in [3.63, 3.8) is 0 Å². The van der Waals surface area contributed by atoms with Gasteiger partial charge < -0.3 is 5.32 Å². The molecule has 6 nitrogen and oxygen atoms in total. The summed E-state index contributed by atoms with van der Waals surface area (Å²) in [4.78, 5) is 14.4. The van der Waals surface area contributed by atoms with Gasteiger partial charge in [-0.1, -0.05) is 23.9 Å². The van der Waals surface area contributed by atoms with Crippen LogP contribution < -0.4 is 5.32 Å². The molecule has 1 unspecified atom stereocenters. The van der Waals surface area contributed by atoms with Crippen molar-refractivity contribution in [3.05, 3.63) is 44.8 Å². The van der Waals surface area contributed by atoms with E-state index in [1.54, 1.807) is 27.4 Å². The highest BCUT2D eigenvalue weighted by Gasteiger charge is 2.13. The lowest BCUT2D eigenvalue weighted by molar-refractivity contribution is -0.119. The van der Waals surface area contributed by atoms with Gasteiger partial charge in [-0.2, -0.15) is 0 Å². The van der Waals surface area contributed by atoms with Crippen LogP contribution in [0, 0.1) is 0 Å².